The number of thioether (sulfide) groups is 1. The van der Waals surface area contributed by atoms with Crippen molar-refractivity contribution in [2.24, 2.45) is 0 Å². The third-order valence-corrected chi connectivity index (χ3v) is 5.88. The van der Waals surface area contributed by atoms with E-state index in [1.807, 2.05) is 25.3 Å². The highest BCUT2D eigenvalue weighted by molar-refractivity contribution is 8.00. The third-order valence-electron chi connectivity index (χ3n) is 4.94. The molecule has 1 heterocycles. The SMILES string of the molecule is CCC.CCc1ccc(NC(=O)C(C)NC(=O)CNC(=O)CCN2C(=N)CC(SC)C2=O)cc1. The van der Waals surface area contributed by atoms with Crippen LogP contribution in [0.3, 0.4) is 0 Å². The van der Waals surface area contributed by atoms with Crippen molar-refractivity contribution in [3.8, 4) is 0 Å². The largest absolute Gasteiger partial charge is 0.347 e. The zero-order valence-electron chi connectivity index (χ0n) is 20.7. The molecule has 1 saturated heterocycles. The first-order valence-corrected chi connectivity index (χ1v) is 12.8. The van der Waals surface area contributed by atoms with E-state index in [0.717, 1.165) is 12.0 Å². The molecule has 1 fully saturated rings. The Kier molecular flexibility index (Phi) is 13.0. The van der Waals surface area contributed by atoms with Crippen LogP contribution in [0.2, 0.25) is 0 Å². The summed E-state index contributed by atoms with van der Waals surface area (Å²) in [6.45, 7) is 7.68. The number of benzene rings is 1. The molecular weight excluding hydrogens is 454 g/mol. The lowest BCUT2D eigenvalue weighted by Gasteiger charge is -2.16. The van der Waals surface area contributed by atoms with Crippen LogP contribution >= 0.6 is 11.8 Å². The van der Waals surface area contributed by atoms with Crippen molar-refractivity contribution in [3.05, 3.63) is 29.8 Å². The minimum atomic E-state index is -0.776. The normalized spacial score (nSPS) is 15.8. The average molecular weight is 492 g/mol. The summed E-state index contributed by atoms with van der Waals surface area (Å²) in [5.41, 5.74) is 1.80. The molecule has 2 unspecified atom stereocenters. The molecule has 2 rings (SSSR count). The number of hydrogen-bond donors (Lipinski definition) is 4. The van der Waals surface area contributed by atoms with Crippen LogP contribution < -0.4 is 16.0 Å². The van der Waals surface area contributed by atoms with E-state index >= 15 is 0 Å². The Bertz CT molecular complexity index is 859. The summed E-state index contributed by atoms with van der Waals surface area (Å²) in [5.74, 6) is -1.22. The van der Waals surface area contributed by atoms with Gasteiger partial charge in [0.2, 0.25) is 23.6 Å². The molecule has 34 heavy (non-hydrogen) atoms. The number of nitrogens with one attached hydrogen (secondary N) is 4. The topological polar surface area (TPSA) is 131 Å². The highest BCUT2D eigenvalue weighted by atomic mass is 32.2. The minimum Gasteiger partial charge on any atom is -0.347 e. The quantitative estimate of drug-likeness (QED) is 0.399. The zero-order valence-corrected chi connectivity index (χ0v) is 21.5. The van der Waals surface area contributed by atoms with Crippen molar-refractivity contribution in [2.75, 3.05) is 24.7 Å². The first kappa shape index (κ1) is 29.2. The van der Waals surface area contributed by atoms with E-state index in [1.165, 1.54) is 23.1 Å². The fraction of sp³-hybridized carbons (Fsp3) is 0.542. The molecule has 2 atom stereocenters. The van der Waals surface area contributed by atoms with Crippen LogP contribution in [0.1, 0.15) is 52.5 Å². The molecule has 0 aliphatic carbocycles. The van der Waals surface area contributed by atoms with Gasteiger partial charge in [0, 0.05) is 25.1 Å². The molecule has 0 spiro atoms. The number of rotatable bonds is 10. The number of carbonyl (C=O) groups excluding carboxylic acids is 4. The lowest BCUT2D eigenvalue weighted by molar-refractivity contribution is -0.128. The van der Waals surface area contributed by atoms with Crippen LogP contribution in [0.5, 0.6) is 0 Å². The van der Waals surface area contributed by atoms with Gasteiger partial charge in [-0.3, -0.25) is 29.5 Å². The van der Waals surface area contributed by atoms with Gasteiger partial charge in [0.25, 0.3) is 0 Å². The molecule has 1 aromatic carbocycles. The molecule has 9 nitrogen and oxygen atoms in total. The van der Waals surface area contributed by atoms with Crippen molar-refractivity contribution in [2.45, 2.75) is 64.7 Å². The summed E-state index contributed by atoms with van der Waals surface area (Å²) < 4.78 is 0. The fourth-order valence-electron chi connectivity index (χ4n) is 3.02. The van der Waals surface area contributed by atoms with Gasteiger partial charge in [-0.25, -0.2) is 0 Å². The highest BCUT2D eigenvalue weighted by Crippen LogP contribution is 2.23. The number of likely N-dealkylation sites (tertiary alicyclic amines) is 1. The molecule has 0 saturated carbocycles. The molecule has 4 N–H and O–H groups in total. The molecule has 0 radical (unpaired) electrons. The number of aryl methyl sites for hydroxylation is 1. The van der Waals surface area contributed by atoms with Crippen molar-refractivity contribution >= 4 is 46.9 Å². The molecular formula is C24H37N5O4S. The van der Waals surface area contributed by atoms with Crippen molar-refractivity contribution in [1.82, 2.24) is 15.5 Å². The smallest absolute Gasteiger partial charge is 0.246 e. The minimum absolute atomic E-state index is 0.00764. The van der Waals surface area contributed by atoms with Gasteiger partial charge in [0.15, 0.2) is 0 Å². The van der Waals surface area contributed by atoms with E-state index in [2.05, 4.69) is 29.8 Å². The number of amides is 4. The molecule has 188 valence electrons. The van der Waals surface area contributed by atoms with Gasteiger partial charge in [-0.1, -0.05) is 39.3 Å². The summed E-state index contributed by atoms with van der Waals surface area (Å²) in [7, 11) is 0. The second-order valence-electron chi connectivity index (χ2n) is 7.93. The summed E-state index contributed by atoms with van der Waals surface area (Å²) in [5, 5.41) is 15.3. The lowest BCUT2D eigenvalue weighted by atomic mass is 10.1. The Labute approximate surface area is 206 Å². The Morgan fingerprint density at radius 3 is 2.29 bits per heavy atom. The van der Waals surface area contributed by atoms with E-state index < -0.39 is 17.9 Å². The van der Waals surface area contributed by atoms with Crippen LogP contribution in [0, 0.1) is 5.41 Å². The summed E-state index contributed by atoms with van der Waals surface area (Å²) in [6.07, 6.45) is 4.33. The maximum atomic E-state index is 12.2. The predicted octanol–water partition coefficient (Wildman–Crippen LogP) is 2.56. The predicted molar refractivity (Wildman–Crippen MR) is 137 cm³/mol. The second kappa shape index (κ2) is 15.1. The van der Waals surface area contributed by atoms with Gasteiger partial charge < -0.3 is 16.0 Å². The van der Waals surface area contributed by atoms with Crippen molar-refractivity contribution in [1.29, 1.82) is 5.41 Å². The third kappa shape index (κ3) is 9.54. The molecule has 1 aliphatic heterocycles. The lowest BCUT2D eigenvalue weighted by Crippen LogP contribution is -2.46. The van der Waals surface area contributed by atoms with Crippen LogP contribution in [0.25, 0.3) is 0 Å². The molecule has 1 aromatic rings. The Morgan fingerprint density at radius 1 is 1.15 bits per heavy atom. The van der Waals surface area contributed by atoms with Crippen LogP contribution in [0.4, 0.5) is 5.69 Å². The monoisotopic (exact) mass is 491 g/mol. The summed E-state index contributed by atoms with van der Waals surface area (Å²) >= 11 is 1.39. The second-order valence-corrected chi connectivity index (χ2v) is 8.97. The van der Waals surface area contributed by atoms with E-state index in [1.54, 1.807) is 19.1 Å². The van der Waals surface area contributed by atoms with Gasteiger partial charge in [-0.05, 0) is 37.3 Å². The van der Waals surface area contributed by atoms with Crippen molar-refractivity contribution < 1.29 is 19.2 Å². The standard InChI is InChI=1S/C21H29N5O4S.C3H8/c1-4-14-5-7-15(8-6-14)25-20(29)13(2)24-19(28)12-23-18(27)9-10-26-17(22)11-16(31-3)21(26)30;1-3-2/h5-8,13,16,22H,4,9-12H2,1-3H3,(H,23,27)(H,24,28)(H,25,29);3H2,1-2H3. The molecule has 1 aliphatic rings. The summed E-state index contributed by atoms with van der Waals surface area (Å²) in [4.78, 5) is 49.7. The fourth-order valence-corrected chi connectivity index (χ4v) is 3.68. The van der Waals surface area contributed by atoms with Gasteiger partial charge in [0.1, 0.15) is 11.9 Å². The van der Waals surface area contributed by atoms with Crippen LogP contribution in [-0.4, -0.2) is 65.0 Å². The van der Waals surface area contributed by atoms with Gasteiger partial charge >= 0.3 is 0 Å². The van der Waals surface area contributed by atoms with E-state index in [0.29, 0.717) is 12.1 Å². The number of anilines is 1. The number of hydrogen-bond acceptors (Lipinski definition) is 6. The number of amidine groups is 1. The first-order chi connectivity index (χ1) is 16.2. The zero-order chi connectivity index (χ0) is 25.7. The summed E-state index contributed by atoms with van der Waals surface area (Å²) in [6, 6.07) is 6.68. The first-order valence-electron chi connectivity index (χ1n) is 11.5. The van der Waals surface area contributed by atoms with E-state index in [4.69, 9.17) is 5.41 Å². The molecule has 4 amide bonds. The van der Waals surface area contributed by atoms with E-state index in [-0.39, 0.29) is 42.4 Å². The van der Waals surface area contributed by atoms with Crippen molar-refractivity contribution in [3.63, 3.8) is 0 Å². The maximum absolute atomic E-state index is 12.2. The number of nitrogens with zero attached hydrogens (tertiary/aromatic N) is 1. The van der Waals surface area contributed by atoms with Crippen LogP contribution in [-0.2, 0) is 25.6 Å². The van der Waals surface area contributed by atoms with Gasteiger partial charge in [-0.2, -0.15) is 11.8 Å². The Morgan fingerprint density at radius 2 is 1.76 bits per heavy atom. The van der Waals surface area contributed by atoms with Gasteiger partial charge in [0.05, 0.1) is 11.8 Å². The Balaban J connectivity index is 0.00000182. The average Bonchev–Trinajstić information content (AvgIpc) is 3.09. The molecule has 10 heteroatoms. The highest BCUT2D eigenvalue weighted by Gasteiger charge is 2.35. The maximum Gasteiger partial charge on any atom is 0.246 e. The number of carbonyl (C=O) groups is 4. The van der Waals surface area contributed by atoms with E-state index in [9.17, 15) is 19.2 Å². The van der Waals surface area contributed by atoms with Crippen LogP contribution in [0.15, 0.2) is 24.3 Å². The Hall–Kier alpha value is -2.88. The molecule has 0 aromatic heterocycles. The van der Waals surface area contributed by atoms with Gasteiger partial charge in [-0.15, -0.1) is 0 Å². The molecule has 0 bridgehead atoms.